The molecule has 3 nitrogen and oxygen atoms in total. The van der Waals surface area contributed by atoms with Gasteiger partial charge in [-0.25, -0.2) is 8.78 Å². The summed E-state index contributed by atoms with van der Waals surface area (Å²) in [6.45, 7) is 10.5. The molecule has 0 bridgehead atoms. The first-order valence-corrected chi connectivity index (χ1v) is 8.17. The van der Waals surface area contributed by atoms with E-state index in [2.05, 4.69) is 10.6 Å². The SMILES string of the molecule is CC.CC(C)F.CCC(=O)NC(=S)N[C@@H](C)c1ccccc1F. The van der Waals surface area contributed by atoms with Crippen LogP contribution in [0.25, 0.3) is 0 Å². The molecule has 132 valence electrons. The second-order valence-corrected chi connectivity index (χ2v) is 5.04. The summed E-state index contributed by atoms with van der Waals surface area (Å²) >= 11 is 4.95. The van der Waals surface area contributed by atoms with Crippen molar-refractivity contribution in [1.29, 1.82) is 0 Å². The minimum absolute atomic E-state index is 0.164. The summed E-state index contributed by atoms with van der Waals surface area (Å²) in [6, 6.07) is 6.16. The zero-order valence-electron chi connectivity index (χ0n) is 14.7. The van der Waals surface area contributed by atoms with Crippen LogP contribution in [0.2, 0.25) is 0 Å². The largest absolute Gasteiger partial charge is 0.356 e. The molecule has 1 amide bonds. The number of benzene rings is 1. The number of halogens is 2. The monoisotopic (exact) mass is 346 g/mol. The number of nitrogens with one attached hydrogen (secondary N) is 2. The fourth-order valence-corrected chi connectivity index (χ4v) is 1.64. The summed E-state index contributed by atoms with van der Waals surface area (Å²) in [7, 11) is 0. The van der Waals surface area contributed by atoms with Crippen LogP contribution in [0.1, 0.15) is 59.6 Å². The number of rotatable bonds is 3. The summed E-state index contributed by atoms with van der Waals surface area (Å²) in [6.07, 6.45) is -0.310. The van der Waals surface area contributed by atoms with E-state index in [9.17, 15) is 13.6 Å². The van der Waals surface area contributed by atoms with Crippen molar-refractivity contribution < 1.29 is 13.6 Å². The van der Waals surface area contributed by atoms with Crippen LogP contribution < -0.4 is 10.6 Å². The summed E-state index contributed by atoms with van der Waals surface area (Å²) in [4.78, 5) is 11.1. The lowest BCUT2D eigenvalue weighted by Gasteiger charge is -2.17. The number of carbonyl (C=O) groups excluding carboxylic acids is 1. The molecule has 0 unspecified atom stereocenters. The van der Waals surface area contributed by atoms with E-state index in [4.69, 9.17) is 12.2 Å². The summed E-state index contributed by atoms with van der Waals surface area (Å²) in [5.74, 6) is -0.458. The maximum absolute atomic E-state index is 13.4. The van der Waals surface area contributed by atoms with Crippen LogP contribution in [0.3, 0.4) is 0 Å². The number of hydrogen-bond acceptors (Lipinski definition) is 2. The van der Waals surface area contributed by atoms with Crippen LogP contribution in [-0.4, -0.2) is 17.2 Å². The fraction of sp³-hybridized carbons (Fsp3) is 0.529. The average Bonchev–Trinajstić information content (AvgIpc) is 2.48. The van der Waals surface area contributed by atoms with E-state index >= 15 is 0 Å². The summed E-state index contributed by atoms with van der Waals surface area (Å²) < 4.78 is 24.4. The molecular formula is C17H28F2N2OS. The summed E-state index contributed by atoms with van der Waals surface area (Å²) in [5.41, 5.74) is 0.514. The van der Waals surface area contributed by atoms with Gasteiger partial charge in [-0.3, -0.25) is 4.79 Å². The van der Waals surface area contributed by atoms with E-state index in [0.29, 0.717) is 12.0 Å². The van der Waals surface area contributed by atoms with Gasteiger partial charge in [0.25, 0.3) is 0 Å². The third-order valence-electron chi connectivity index (χ3n) is 2.29. The van der Waals surface area contributed by atoms with Gasteiger partial charge >= 0.3 is 0 Å². The zero-order chi connectivity index (χ0) is 18.4. The number of alkyl halides is 1. The van der Waals surface area contributed by atoms with Crippen LogP contribution in [0.5, 0.6) is 0 Å². The van der Waals surface area contributed by atoms with Crippen molar-refractivity contribution in [2.45, 2.75) is 60.2 Å². The molecule has 1 aromatic carbocycles. The van der Waals surface area contributed by atoms with Gasteiger partial charge in [0, 0.05) is 12.0 Å². The lowest BCUT2D eigenvalue weighted by molar-refractivity contribution is -0.119. The zero-order valence-corrected chi connectivity index (χ0v) is 15.6. The van der Waals surface area contributed by atoms with Crippen LogP contribution in [0.4, 0.5) is 8.78 Å². The molecule has 0 saturated heterocycles. The predicted octanol–water partition coefficient (Wildman–Crippen LogP) is 4.68. The van der Waals surface area contributed by atoms with Crippen LogP contribution in [-0.2, 0) is 4.79 Å². The van der Waals surface area contributed by atoms with Crippen molar-refractivity contribution in [3.8, 4) is 0 Å². The van der Waals surface area contributed by atoms with E-state index in [1.54, 1.807) is 32.0 Å². The minimum Gasteiger partial charge on any atom is -0.356 e. The Kier molecular flexibility index (Phi) is 14.5. The van der Waals surface area contributed by atoms with Gasteiger partial charge in [0.2, 0.25) is 5.91 Å². The van der Waals surface area contributed by atoms with Gasteiger partial charge in [0.1, 0.15) is 5.82 Å². The van der Waals surface area contributed by atoms with Gasteiger partial charge in [-0.05, 0) is 39.1 Å². The Labute approximate surface area is 143 Å². The van der Waals surface area contributed by atoms with Crippen molar-refractivity contribution in [1.82, 2.24) is 10.6 Å². The topological polar surface area (TPSA) is 41.1 Å². The van der Waals surface area contributed by atoms with E-state index < -0.39 is 6.17 Å². The standard InChI is InChI=1S/C12H15FN2OS.C3H7F.C2H6/c1-3-11(16)15-12(17)14-8(2)9-6-4-5-7-10(9)13;1-3(2)4;1-2/h4-8H,3H2,1-2H3,(H2,14,15,16,17);3H,1-2H3;1-2H3/t8-;;/m0../s1. The van der Waals surface area contributed by atoms with E-state index in [0.717, 1.165) is 0 Å². The quantitative estimate of drug-likeness (QED) is 0.781. The first kappa shape index (κ1) is 23.7. The fourth-order valence-electron chi connectivity index (χ4n) is 1.35. The van der Waals surface area contributed by atoms with Crippen molar-refractivity contribution in [3.05, 3.63) is 35.6 Å². The second kappa shape index (κ2) is 14.1. The average molecular weight is 346 g/mol. The molecule has 0 aliphatic carbocycles. The Morgan fingerprint density at radius 2 is 1.70 bits per heavy atom. The maximum atomic E-state index is 13.4. The van der Waals surface area contributed by atoms with Crippen LogP contribution in [0.15, 0.2) is 24.3 Å². The van der Waals surface area contributed by atoms with Gasteiger partial charge in [-0.1, -0.05) is 39.0 Å². The molecule has 0 spiro atoms. The van der Waals surface area contributed by atoms with Gasteiger partial charge in [0.15, 0.2) is 5.11 Å². The Bertz CT molecular complexity index is 465. The third kappa shape index (κ3) is 12.6. The minimum atomic E-state index is -0.667. The molecular weight excluding hydrogens is 318 g/mol. The molecule has 23 heavy (non-hydrogen) atoms. The highest BCUT2D eigenvalue weighted by Crippen LogP contribution is 2.15. The molecule has 0 heterocycles. The van der Waals surface area contributed by atoms with Gasteiger partial charge in [0.05, 0.1) is 12.2 Å². The van der Waals surface area contributed by atoms with Crippen molar-refractivity contribution >= 4 is 23.2 Å². The Balaban J connectivity index is 0. The molecule has 1 atom stereocenters. The molecule has 0 aromatic heterocycles. The van der Waals surface area contributed by atoms with Gasteiger partial charge < -0.3 is 10.6 Å². The molecule has 2 N–H and O–H groups in total. The number of thiocarbonyl (C=S) groups is 1. The van der Waals surface area contributed by atoms with Crippen LogP contribution in [0, 0.1) is 5.82 Å². The number of amides is 1. The molecule has 6 heteroatoms. The van der Waals surface area contributed by atoms with Gasteiger partial charge in [-0.15, -0.1) is 0 Å². The first-order chi connectivity index (χ1) is 10.8. The van der Waals surface area contributed by atoms with Crippen molar-refractivity contribution in [2.24, 2.45) is 0 Å². The normalized spacial score (nSPS) is 10.5. The van der Waals surface area contributed by atoms with Crippen molar-refractivity contribution in [3.63, 3.8) is 0 Å². The highest BCUT2D eigenvalue weighted by atomic mass is 32.1. The van der Waals surface area contributed by atoms with Crippen molar-refractivity contribution in [2.75, 3.05) is 0 Å². The number of carbonyl (C=O) groups is 1. The number of hydrogen-bond donors (Lipinski definition) is 2. The van der Waals surface area contributed by atoms with E-state index in [-0.39, 0.29) is 22.9 Å². The molecule has 0 radical (unpaired) electrons. The summed E-state index contributed by atoms with van der Waals surface area (Å²) in [5, 5.41) is 5.59. The third-order valence-corrected chi connectivity index (χ3v) is 2.51. The highest BCUT2D eigenvalue weighted by Gasteiger charge is 2.11. The van der Waals surface area contributed by atoms with Crippen LogP contribution >= 0.6 is 12.2 Å². The Hall–Kier alpha value is -1.56. The molecule has 0 saturated carbocycles. The van der Waals surface area contributed by atoms with E-state index in [1.807, 2.05) is 13.8 Å². The van der Waals surface area contributed by atoms with E-state index in [1.165, 1.54) is 19.9 Å². The lowest BCUT2D eigenvalue weighted by atomic mass is 10.1. The first-order valence-electron chi connectivity index (χ1n) is 7.76. The Morgan fingerprint density at radius 3 is 2.13 bits per heavy atom. The smallest absolute Gasteiger partial charge is 0.225 e. The molecule has 1 rings (SSSR count). The Morgan fingerprint density at radius 1 is 1.22 bits per heavy atom. The lowest BCUT2D eigenvalue weighted by Crippen LogP contribution is -2.40. The van der Waals surface area contributed by atoms with Gasteiger partial charge in [-0.2, -0.15) is 0 Å². The highest BCUT2D eigenvalue weighted by molar-refractivity contribution is 7.80. The molecule has 0 aliphatic rings. The molecule has 0 fully saturated rings. The second-order valence-electron chi connectivity index (χ2n) is 4.63. The maximum Gasteiger partial charge on any atom is 0.225 e. The molecule has 0 aliphatic heterocycles. The molecule has 1 aromatic rings. The predicted molar refractivity (Wildman–Crippen MR) is 96.6 cm³/mol.